The minimum absolute atomic E-state index is 0.137. The largest absolute Gasteiger partial charge is 0.390 e. The first kappa shape index (κ1) is 9.17. The number of carbonyl (C=O) groups is 1. The van der Waals surface area contributed by atoms with E-state index < -0.39 is 11.6 Å². The Hall–Kier alpha value is -1.83. The highest BCUT2D eigenvalue weighted by atomic mass is 16.6. The van der Waals surface area contributed by atoms with Crippen LogP contribution >= 0.6 is 0 Å². The van der Waals surface area contributed by atoms with Crippen molar-refractivity contribution in [2.45, 2.75) is 0 Å². The summed E-state index contributed by atoms with van der Waals surface area (Å²) in [7, 11) is 0. The van der Waals surface area contributed by atoms with E-state index in [4.69, 9.17) is 11.0 Å². The van der Waals surface area contributed by atoms with Crippen molar-refractivity contribution in [3.8, 4) is 6.07 Å². The van der Waals surface area contributed by atoms with Crippen molar-refractivity contribution in [2.24, 2.45) is 10.9 Å². The van der Waals surface area contributed by atoms with Crippen molar-refractivity contribution in [2.75, 3.05) is 6.61 Å². The number of nitrogens with two attached hydrogens (primary N) is 1. The Morgan fingerprint density at radius 1 is 1.91 bits per heavy atom. The summed E-state index contributed by atoms with van der Waals surface area (Å²) >= 11 is 0. The van der Waals surface area contributed by atoms with Gasteiger partial charge < -0.3 is 10.6 Å². The van der Waals surface area contributed by atoms with Gasteiger partial charge in [-0.15, -0.1) is 0 Å². The Balaban J connectivity index is 4.04. The number of amides is 1. The SMILES string of the molecule is C=CCON=C(C#N)C(N)=O. The molecule has 0 spiro atoms. The molecule has 0 aromatic rings. The van der Waals surface area contributed by atoms with Gasteiger partial charge in [0.05, 0.1) is 0 Å². The van der Waals surface area contributed by atoms with Crippen LogP contribution < -0.4 is 5.73 Å². The lowest BCUT2D eigenvalue weighted by atomic mass is 10.4. The third-order valence-corrected chi connectivity index (χ3v) is 0.688. The van der Waals surface area contributed by atoms with E-state index in [1.54, 1.807) is 0 Å². The molecule has 0 aromatic carbocycles. The van der Waals surface area contributed by atoms with Crippen molar-refractivity contribution in [3.05, 3.63) is 12.7 Å². The van der Waals surface area contributed by atoms with Gasteiger partial charge in [-0.1, -0.05) is 17.8 Å². The summed E-state index contributed by atoms with van der Waals surface area (Å²) in [6, 6.07) is 1.48. The van der Waals surface area contributed by atoms with Crippen LogP contribution in [0.4, 0.5) is 0 Å². The maximum absolute atomic E-state index is 10.3. The molecule has 0 fully saturated rings. The van der Waals surface area contributed by atoms with Crippen molar-refractivity contribution < 1.29 is 9.63 Å². The fourth-order valence-electron chi connectivity index (χ4n) is 0.275. The summed E-state index contributed by atoms with van der Waals surface area (Å²) in [4.78, 5) is 14.7. The van der Waals surface area contributed by atoms with Gasteiger partial charge in [0.1, 0.15) is 12.7 Å². The maximum Gasteiger partial charge on any atom is 0.281 e. The first-order chi connectivity index (χ1) is 5.22. The molecule has 0 bridgehead atoms. The van der Waals surface area contributed by atoms with Gasteiger partial charge in [0.2, 0.25) is 5.71 Å². The minimum Gasteiger partial charge on any atom is -0.390 e. The standard InChI is InChI=1S/C6H7N3O2/c1-2-3-11-9-5(4-7)6(8)10/h2H,1,3H2,(H2,8,10). The normalized spacial score (nSPS) is 9.91. The molecule has 0 saturated carbocycles. The van der Waals surface area contributed by atoms with Gasteiger partial charge >= 0.3 is 0 Å². The molecule has 58 valence electrons. The molecule has 0 unspecified atom stereocenters. The van der Waals surface area contributed by atoms with Gasteiger partial charge in [-0.2, -0.15) is 5.26 Å². The number of carbonyl (C=O) groups excluding carboxylic acids is 1. The maximum atomic E-state index is 10.3. The molecule has 11 heavy (non-hydrogen) atoms. The number of hydrogen-bond donors (Lipinski definition) is 1. The zero-order valence-corrected chi connectivity index (χ0v) is 5.78. The molecule has 0 heterocycles. The van der Waals surface area contributed by atoms with Gasteiger partial charge in [-0.05, 0) is 0 Å². The molecular weight excluding hydrogens is 146 g/mol. The average Bonchev–Trinajstić information content (AvgIpc) is 1.97. The van der Waals surface area contributed by atoms with Crippen LogP contribution in [0.5, 0.6) is 0 Å². The summed E-state index contributed by atoms with van der Waals surface area (Å²) in [6.45, 7) is 3.47. The van der Waals surface area contributed by atoms with Crippen LogP contribution in [0, 0.1) is 11.3 Å². The number of rotatable bonds is 4. The highest BCUT2D eigenvalue weighted by molar-refractivity contribution is 6.44. The minimum atomic E-state index is -0.906. The van der Waals surface area contributed by atoms with Crippen LogP contribution in [0.15, 0.2) is 17.8 Å². The third-order valence-electron chi connectivity index (χ3n) is 0.688. The second kappa shape index (κ2) is 4.99. The van der Waals surface area contributed by atoms with Crippen molar-refractivity contribution in [1.82, 2.24) is 0 Å². The zero-order chi connectivity index (χ0) is 8.69. The predicted molar refractivity (Wildman–Crippen MR) is 38.4 cm³/mol. The Labute approximate surface area is 63.7 Å². The Morgan fingerprint density at radius 2 is 2.55 bits per heavy atom. The number of primary amides is 1. The molecule has 0 radical (unpaired) electrons. The van der Waals surface area contributed by atoms with E-state index in [1.807, 2.05) is 0 Å². The van der Waals surface area contributed by atoms with Gasteiger partial charge in [-0.25, -0.2) is 0 Å². The van der Waals surface area contributed by atoms with Crippen molar-refractivity contribution in [1.29, 1.82) is 5.26 Å². The molecule has 0 aliphatic heterocycles. The summed E-state index contributed by atoms with van der Waals surface area (Å²) in [6.07, 6.45) is 1.43. The molecule has 0 rings (SSSR count). The van der Waals surface area contributed by atoms with E-state index in [2.05, 4.69) is 16.6 Å². The molecular formula is C6H7N3O2. The number of nitrogens with zero attached hydrogens (tertiary/aromatic N) is 2. The predicted octanol–water partition coefficient (Wildman–Crippen LogP) is -0.446. The van der Waals surface area contributed by atoms with E-state index in [9.17, 15) is 4.79 Å². The van der Waals surface area contributed by atoms with Gasteiger partial charge in [-0.3, -0.25) is 4.79 Å². The van der Waals surface area contributed by atoms with E-state index in [-0.39, 0.29) is 6.61 Å². The van der Waals surface area contributed by atoms with E-state index in [1.165, 1.54) is 12.1 Å². The van der Waals surface area contributed by atoms with E-state index >= 15 is 0 Å². The third kappa shape index (κ3) is 3.70. The zero-order valence-electron chi connectivity index (χ0n) is 5.78. The first-order valence-electron chi connectivity index (χ1n) is 2.73. The van der Waals surface area contributed by atoms with Crippen molar-refractivity contribution in [3.63, 3.8) is 0 Å². The molecule has 0 aliphatic carbocycles. The van der Waals surface area contributed by atoms with Gasteiger partial charge in [0.15, 0.2) is 0 Å². The Kier molecular flexibility index (Phi) is 4.16. The van der Waals surface area contributed by atoms with Crippen LogP contribution in [0.3, 0.4) is 0 Å². The molecule has 0 saturated heterocycles. The highest BCUT2D eigenvalue weighted by Gasteiger charge is 2.04. The summed E-state index contributed by atoms with van der Waals surface area (Å²) in [5, 5.41) is 11.3. The lowest BCUT2D eigenvalue weighted by Crippen LogP contribution is -2.21. The fraction of sp³-hybridized carbons (Fsp3) is 0.167. The number of oxime groups is 1. The first-order valence-corrected chi connectivity index (χ1v) is 2.73. The van der Waals surface area contributed by atoms with E-state index in [0.29, 0.717) is 0 Å². The van der Waals surface area contributed by atoms with Crippen LogP contribution in [-0.4, -0.2) is 18.2 Å². The smallest absolute Gasteiger partial charge is 0.281 e. The van der Waals surface area contributed by atoms with Gasteiger partial charge in [0.25, 0.3) is 5.91 Å². The fourth-order valence-corrected chi connectivity index (χ4v) is 0.275. The molecule has 0 aliphatic rings. The average molecular weight is 153 g/mol. The highest BCUT2D eigenvalue weighted by Crippen LogP contribution is 1.80. The van der Waals surface area contributed by atoms with Crippen LogP contribution in [0.1, 0.15) is 0 Å². The van der Waals surface area contributed by atoms with E-state index in [0.717, 1.165) is 0 Å². The lowest BCUT2D eigenvalue weighted by Gasteiger charge is -1.91. The summed E-state index contributed by atoms with van der Waals surface area (Å²) in [5.41, 5.74) is 4.28. The molecule has 0 atom stereocenters. The Bertz CT molecular complexity index is 226. The molecule has 5 heteroatoms. The second-order valence-electron chi connectivity index (χ2n) is 1.50. The number of hydrogen-bond acceptors (Lipinski definition) is 4. The topological polar surface area (TPSA) is 88.5 Å². The molecule has 0 aromatic heterocycles. The summed E-state index contributed by atoms with van der Waals surface area (Å²) in [5.74, 6) is -0.906. The monoisotopic (exact) mass is 153 g/mol. The molecule has 5 nitrogen and oxygen atoms in total. The number of nitriles is 1. The second-order valence-corrected chi connectivity index (χ2v) is 1.50. The van der Waals surface area contributed by atoms with Crippen molar-refractivity contribution >= 4 is 11.6 Å². The quantitative estimate of drug-likeness (QED) is 0.257. The van der Waals surface area contributed by atoms with Crippen LogP contribution in [0.2, 0.25) is 0 Å². The van der Waals surface area contributed by atoms with Crippen LogP contribution in [0.25, 0.3) is 0 Å². The van der Waals surface area contributed by atoms with Gasteiger partial charge in [0, 0.05) is 0 Å². The van der Waals surface area contributed by atoms with Crippen LogP contribution in [-0.2, 0) is 9.63 Å². The molecule has 2 N–H and O–H groups in total. The Morgan fingerprint density at radius 3 is 2.91 bits per heavy atom. The molecule has 1 amide bonds. The summed E-state index contributed by atoms with van der Waals surface area (Å²) < 4.78 is 0. The lowest BCUT2D eigenvalue weighted by molar-refractivity contribution is -0.112.